The Labute approximate surface area is 73.5 Å². The van der Waals surface area contributed by atoms with Crippen molar-refractivity contribution in [3.8, 4) is 0 Å². The molecule has 0 bridgehead atoms. The monoisotopic (exact) mass is 168 g/mol. The first-order valence-corrected chi connectivity index (χ1v) is 4.79. The maximum Gasteiger partial charge on any atom is 0.188 e. The Morgan fingerprint density at radius 1 is 1.25 bits per heavy atom. The van der Waals surface area contributed by atoms with E-state index in [2.05, 4.69) is 6.08 Å². The first-order chi connectivity index (χ1) is 5.81. The van der Waals surface area contributed by atoms with Crippen LogP contribution in [-0.4, -0.2) is 19.0 Å². The van der Waals surface area contributed by atoms with Crippen molar-refractivity contribution < 1.29 is 9.47 Å². The summed E-state index contributed by atoms with van der Waals surface area (Å²) in [4.78, 5) is 0. The van der Waals surface area contributed by atoms with Crippen molar-refractivity contribution in [2.45, 2.75) is 38.4 Å². The van der Waals surface area contributed by atoms with Crippen molar-refractivity contribution in [1.29, 1.82) is 0 Å². The van der Waals surface area contributed by atoms with E-state index in [9.17, 15) is 0 Å². The topological polar surface area (TPSA) is 18.5 Å². The molecule has 1 fully saturated rings. The van der Waals surface area contributed by atoms with Crippen LogP contribution in [0.3, 0.4) is 0 Å². The van der Waals surface area contributed by atoms with Gasteiger partial charge in [-0.3, -0.25) is 0 Å². The molecule has 0 N–H and O–H groups in total. The van der Waals surface area contributed by atoms with Gasteiger partial charge in [-0.2, -0.15) is 0 Å². The Morgan fingerprint density at radius 3 is 2.58 bits per heavy atom. The molecule has 0 radical (unpaired) electrons. The number of hydrogen-bond donors (Lipinski definition) is 0. The van der Waals surface area contributed by atoms with Gasteiger partial charge in [0, 0.05) is 0 Å². The van der Waals surface area contributed by atoms with E-state index in [0.717, 1.165) is 19.6 Å². The van der Waals surface area contributed by atoms with Crippen molar-refractivity contribution in [1.82, 2.24) is 0 Å². The highest BCUT2D eigenvalue weighted by Crippen LogP contribution is 2.33. The maximum absolute atomic E-state index is 5.59. The van der Waals surface area contributed by atoms with Gasteiger partial charge < -0.3 is 9.47 Å². The van der Waals surface area contributed by atoms with Crippen LogP contribution in [0.4, 0.5) is 0 Å². The summed E-state index contributed by atoms with van der Waals surface area (Å²) in [5, 5.41) is 0. The van der Waals surface area contributed by atoms with Gasteiger partial charge in [0.2, 0.25) is 0 Å². The molecule has 0 amide bonds. The number of rotatable bonds is 1. The first kappa shape index (κ1) is 8.27. The predicted molar refractivity (Wildman–Crippen MR) is 46.9 cm³/mol. The van der Waals surface area contributed by atoms with Crippen molar-refractivity contribution in [3.05, 3.63) is 11.6 Å². The highest BCUT2D eigenvalue weighted by Gasteiger charge is 2.35. The third-order valence-electron chi connectivity index (χ3n) is 2.71. The quantitative estimate of drug-likeness (QED) is 0.559. The fourth-order valence-corrected chi connectivity index (χ4v) is 1.95. The average molecular weight is 168 g/mol. The van der Waals surface area contributed by atoms with E-state index in [0.29, 0.717) is 0 Å². The Balaban J connectivity index is 2.10. The molecule has 0 aromatic rings. The van der Waals surface area contributed by atoms with Gasteiger partial charge in [-0.15, -0.1) is 0 Å². The van der Waals surface area contributed by atoms with Crippen molar-refractivity contribution in [2.24, 2.45) is 0 Å². The average Bonchev–Trinajstić information content (AvgIpc) is 2.55. The minimum atomic E-state index is -0.375. The Morgan fingerprint density at radius 2 is 2.00 bits per heavy atom. The molecule has 2 rings (SSSR count). The fraction of sp³-hybridized carbons (Fsp3) is 0.800. The molecule has 0 aromatic heterocycles. The smallest absolute Gasteiger partial charge is 0.188 e. The van der Waals surface area contributed by atoms with Gasteiger partial charge in [0.05, 0.1) is 13.2 Å². The normalized spacial score (nSPS) is 28.6. The molecule has 0 saturated carbocycles. The van der Waals surface area contributed by atoms with Crippen LogP contribution < -0.4 is 0 Å². The summed E-state index contributed by atoms with van der Waals surface area (Å²) in [7, 11) is 0. The second kappa shape index (κ2) is 3.19. The molecule has 1 heterocycles. The van der Waals surface area contributed by atoms with Crippen LogP contribution in [0.5, 0.6) is 0 Å². The van der Waals surface area contributed by atoms with E-state index < -0.39 is 0 Å². The molecular formula is C10H16O2. The van der Waals surface area contributed by atoms with E-state index in [-0.39, 0.29) is 5.79 Å². The van der Waals surface area contributed by atoms with Crippen LogP contribution in [0.25, 0.3) is 0 Å². The van der Waals surface area contributed by atoms with Crippen molar-refractivity contribution in [2.75, 3.05) is 13.2 Å². The third-order valence-corrected chi connectivity index (χ3v) is 2.71. The van der Waals surface area contributed by atoms with Crippen LogP contribution in [0, 0.1) is 0 Å². The highest BCUT2D eigenvalue weighted by atomic mass is 16.7. The molecule has 0 aromatic carbocycles. The van der Waals surface area contributed by atoms with E-state index in [1.165, 1.54) is 24.8 Å². The lowest BCUT2D eigenvalue weighted by molar-refractivity contribution is -0.112. The van der Waals surface area contributed by atoms with Crippen LogP contribution in [0.2, 0.25) is 0 Å². The molecule has 1 aliphatic carbocycles. The summed E-state index contributed by atoms with van der Waals surface area (Å²) in [5.41, 5.74) is 1.35. The van der Waals surface area contributed by atoms with Gasteiger partial charge in [-0.05, 0) is 38.2 Å². The molecule has 0 unspecified atom stereocenters. The van der Waals surface area contributed by atoms with Gasteiger partial charge in [0.1, 0.15) is 0 Å². The lowest BCUT2D eigenvalue weighted by atomic mass is 9.94. The SMILES string of the molecule is CC1(C2=CCCCC2)OCCO1. The molecular weight excluding hydrogens is 152 g/mol. The molecule has 0 spiro atoms. The molecule has 68 valence electrons. The summed E-state index contributed by atoms with van der Waals surface area (Å²) in [5.74, 6) is -0.375. The number of hydrogen-bond acceptors (Lipinski definition) is 2. The summed E-state index contributed by atoms with van der Waals surface area (Å²) in [6.45, 7) is 3.53. The molecule has 2 aliphatic rings. The molecule has 1 aliphatic heterocycles. The highest BCUT2D eigenvalue weighted by molar-refractivity contribution is 5.15. The van der Waals surface area contributed by atoms with Crippen molar-refractivity contribution >= 4 is 0 Å². The number of allylic oxidation sites excluding steroid dienone is 1. The summed E-state index contributed by atoms with van der Waals surface area (Å²) in [6, 6.07) is 0. The molecule has 2 heteroatoms. The van der Waals surface area contributed by atoms with Crippen molar-refractivity contribution in [3.63, 3.8) is 0 Å². The lowest BCUT2D eigenvalue weighted by Gasteiger charge is -2.27. The van der Waals surface area contributed by atoms with Crippen LogP contribution >= 0.6 is 0 Å². The predicted octanol–water partition coefficient (Wildman–Crippen LogP) is 2.25. The third kappa shape index (κ3) is 1.41. The Hall–Kier alpha value is -0.340. The van der Waals surface area contributed by atoms with Crippen LogP contribution in [0.15, 0.2) is 11.6 Å². The van der Waals surface area contributed by atoms with Gasteiger partial charge in [0.15, 0.2) is 5.79 Å². The second-order valence-electron chi connectivity index (χ2n) is 3.62. The zero-order valence-electron chi connectivity index (χ0n) is 7.64. The zero-order chi connectivity index (χ0) is 8.44. The minimum Gasteiger partial charge on any atom is -0.344 e. The van der Waals surface area contributed by atoms with E-state index in [1.54, 1.807) is 0 Å². The molecule has 1 saturated heterocycles. The fourth-order valence-electron chi connectivity index (χ4n) is 1.95. The second-order valence-corrected chi connectivity index (χ2v) is 3.62. The van der Waals surface area contributed by atoms with Crippen LogP contribution in [-0.2, 0) is 9.47 Å². The largest absolute Gasteiger partial charge is 0.344 e. The minimum absolute atomic E-state index is 0.375. The summed E-state index contributed by atoms with van der Waals surface area (Å²) < 4.78 is 11.2. The van der Waals surface area contributed by atoms with Gasteiger partial charge in [0.25, 0.3) is 0 Å². The van der Waals surface area contributed by atoms with E-state index in [1.807, 2.05) is 6.92 Å². The van der Waals surface area contributed by atoms with E-state index >= 15 is 0 Å². The standard InChI is InChI=1S/C10H16O2/c1-10(11-7-8-12-10)9-5-3-2-4-6-9/h5H,2-4,6-8H2,1H3. The Bertz CT molecular complexity index is 190. The Kier molecular flexibility index (Phi) is 2.20. The van der Waals surface area contributed by atoms with Gasteiger partial charge in [-0.25, -0.2) is 0 Å². The van der Waals surface area contributed by atoms with Crippen LogP contribution in [0.1, 0.15) is 32.6 Å². The zero-order valence-corrected chi connectivity index (χ0v) is 7.64. The first-order valence-electron chi connectivity index (χ1n) is 4.79. The number of ether oxygens (including phenoxy) is 2. The molecule has 2 nitrogen and oxygen atoms in total. The van der Waals surface area contributed by atoms with Gasteiger partial charge >= 0.3 is 0 Å². The molecule has 0 atom stereocenters. The molecule has 12 heavy (non-hydrogen) atoms. The summed E-state index contributed by atoms with van der Waals surface area (Å²) >= 11 is 0. The summed E-state index contributed by atoms with van der Waals surface area (Å²) in [6.07, 6.45) is 7.23. The lowest BCUT2D eigenvalue weighted by Crippen LogP contribution is -2.29. The van der Waals surface area contributed by atoms with Gasteiger partial charge in [-0.1, -0.05) is 6.08 Å². The van der Waals surface area contributed by atoms with E-state index in [4.69, 9.17) is 9.47 Å². The maximum atomic E-state index is 5.59.